The summed E-state index contributed by atoms with van der Waals surface area (Å²) < 4.78 is 26.7. The van der Waals surface area contributed by atoms with Gasteiger partial charge in [-0.05, 0) is 32.4 Å². The van der Waals surface area contributed by atoms with E-state index in [4.69, 9.17) is 0 Å². The van der Waals surface area contributed by atoms with Crippen molar-refractivity contribution in [1.82, 2.24) is 15.0 Å². The molecule has 1 fully saturated rings. The largest absolute Gasteiger partial charge is 0.367 e. The lowest BCUT2D eigenvalue weighted by molar-refractivity contribution is 0.00852. The van der Waals surface area contributed by atoms with Crippen molar-refractivity contribution in [1.29, 1.82) is 0 Å². The van der Waals surface area contributed by atoms with Gasteiger partial charge in [0, 0.05) is 36.3 Å². The van der Waals surface area contributed by atoms with E-state index in [2.05, 4.69) is 25.6 Å². The summed E-state index contributed by atoms with van der Waals surface area (Å²) in [5.74, 6) is -1.49. The van der Waals surface area contributed by atoms with E-state index >= 15 is 0 Å². The summed E-state index contributed by atoms with van der Waals surface area (Å²) in [5.41, 5.74) is 2.58. The summed E-state index contributed by atoms with van der Waals surface area (Å²) in [5, 5.41) is 6.30. The van der Waals surface area contributed by atoms with Gasteiger partial charge in [0.2, 0.25) is 11.9 Å². The molecule has 1 saturated carbocycles. The fraction of sp³-hybridized carbons (Fsp3) is 0.471. The van der Waals surface area contributed by atoms with Crippen LogP contribution in [0.25, 0.3) is 0 Å². The first-order chi connectivity index (χ1) is 11.4. The number of aromatic nitrogens is 3. The summed E-state index contributed by atoms with van der Waals surface area (Å²) in [4.78, 5) is 13.1. The molecule has 2 heterocycles. The molecular weight excluding hydrogens is 312 g/mol. The predicted octanol–water partition coefficient (Wildman–Crippen LogP) is 3.70. The number of aryl methyl sites for hydroxylation is 1. The molecule has 5 nitrogen and oxygen atoms in total. The minimum atomic E-state index is -2.58. The van der Waals surface area contributed by atoms with Gasteiger partial charge in [0.1, 0.15) is 5.82 Å². The van der Waals surface area contributed by atoms with Gasteiger partial charge in [-0.15, -0.1) is 0 Å². The van der Waals surface area contributed by atoms with Gasteiger partial charge in [-0.25, -0.2) is 13.8 Å². The zero-order chi connectivity index (χ0) is 17.2. The molecule has 1 unspecified atom stereocenters. The molecule has 3 rings (SSSR count). The molecule has 2 aromatic rings. The number of anilines is 2. The number of nitrogens with one attached hydrogen (secondary N) is 2. The van der Waals surface area contributed by atoms with Crippen molar-refractivity contribution < 1.29 is 8.78 Å². The minimum absolute atomic E-state index is 0.0709. The predicted molar refractivity (Wildman–Crippen MR) is 89.3 cm³/mol. The van der Waals surface area contributed by atoms with Crippen molar-refractivity contribution in [2.75, 3.05) is 10.6 Å². The molecule has 0 radical (unpaired) electrons. The fourth-order valence-electron chi connectivity index (χ4n) is 2.79. The van der Waals surface area contributed by atoms with Crippen molar-refractivity contribution in [2.24, 2.45) is 0 Å². The van der Waals surface area contributed by atoms with Crippen LogP contribution >= 0.6 is 0 Å². The lowest BCUT2D eigenvalue weighted by Gasteiger charge is -2.17. The molecule has 24 heavy (non-hydrogen) atoms. The Morgan fingerprint density at radius 2 is 2.08 bits per heavy atom. The first-order valence-electron chi connectivity index (χ1n) is 8.06. The maximum absolute atomic E-state index is 13.4. The summed E-state index contributed by atoms with van der Waals surface area (Å²) in [6.45, 7) is 4.29. The maximum atomic E-state index is 13.4. The Hall–Kier alpha value is -2.31. The molecule has 0 amide bonds. The van der Waals surface area contributed by atoms with E-state index in [-0.39, 0.29) is 18.9 Å². The van der Waals surface area contributed by atoms with Crippen LogP contribution in [0.15, 0.2) is 24.4 Å². The van der Waals surface area contributed by atoms with Crippen LogP contribution in [0.1, 0.15) is 36.2 Å². The van der Waals surface area contributed by atoms with Crippen LogP contribution in [0.3, 0.4) is 0 Å². The molecule has 128 valence electrons. The van der Waals surface area contributed by atoms with Crippen LogP contribution < -0.4 is 10.6 Å². The molecule has 1 atom stereocenters. The van der Waals surface area contributed by atoms with Crippen molar-refractivity contribution in [3.63, 3.8) is 0 Å². The van der Waals surface area contributed by atoms with Gasteiger partial charge in [-0.3, -0.25) is 4.98 Å². The zero-order valence-electron chi connectivity index (χ0n) is 13.8. The van der Waals surface area contributed by atoms with E-state index in [9.17, 15) is 8.78 Å². The topological polar surface area (TPSA) is 62.7 Å². The summed E-state index contributed by atoms with van der Waals surface area (Å²) in [7, 11) is 0. The minimum Gasteiger partial charge on any atom is -0.367 e. The highest BCUT2D eigenvalue weighted by Gasteiger charge is 2.39. The Morgan fingerprint density at radius 1 is 1.25 bits per heavy atom. The molecule has 0 saturated heterocycles. The number of alkyl halides is 2. The standard InChI is InChI=1S/C17H21F2N5/c1-11-12(2)22-16(21-10-14-5-3-4-8-20-14)24-15(11)23-13-6-7-17(18,19)9-13/h3-5,8,13H,6-7,9-10H2,1-2H3,(H2,21,22,23,24). The maximum Gasteiger partial charge on any atom is 0.250 e. The van der Waals surface area contributed by atoms with Gasteiger partial charge < -0.3 is 10.6 Å². The van der Waals surface area contributed by atoms with E-state index in [1.54, 1.807) is 6.20 Å². The molecule has 0 spiro atoms. The van der Waals surface area contributed by atoms with Crippen molar-refractivity contribution in [3.8, 4) is 0 Å². The smallest absolute Gasteiger partial charge is 0.250 e. The van der Waals surface area contributed by atoms with Crippen molar-refractivity contribution in [2.45, 2.75) is 51.6 Å². The lowest BCUT2D eigenvalue weighted by atomic mass is 10.2. The summed E-state index contributed by atoms with van der Waals surface area (Å²) >= 11 is 0. The number of pyridine rings is 1. The van der Waals surface area contributed by atoms with E-state index in [1.165, 1.54) is 0 Å². The van der Waals surface area contributed by atoms with Gasteiger partial charge >= 0.3 is 0 Å². The van der Waals surface area contributed by atoms with E-state index in [0.29, 0.717) is 24.7 Å². The van der Waals surface area contributed by atoms with Crippen LogP contribution in [0.2, 0.25) is 0 Å². The quantitative estimate of drug-likeness (QED) is 0.873. The van der Waals surface area contributed by atoms with Gasteiger partial charge in [-0.1, -0.05) is 6.07 Å². The fourth-order valence-corrected chi connectivity index (χ4v) is 2.79. The van der Waals surface area contributed by atoms with Crippen molar-refractivity contribution in [3.05, 3.63) is 41.3 Å². The summed E-state index contributed by atoms with van der Waals surface area (Å²) in [6.07, 6.45) is 1.96. The molecule has 1 aliphatic rings. The monoisotopic (exact) mass is 333 g/mol. The SMILES string of the molecule is Cc1nc(NCc2ccccn2)nc(NC2CCC(F)(F)C2)c1C. The van der Waals surface area contributed by atoms with Gasteiger partial charge in [0.15, 0.2) is 0 Å². The second-order valence-corrected chi connectivity index (χ2v) is 6.22. The number of rotatable bonds is 5. The van der Waals surface area contributed by atoms with Crippen LogP contribution in [-0.4, -0.2) is 26.9 Å². The number of halogens is 2. The average Bonchev–Trinajstić information content (AvgIpc) is 2.90. The zero-order valence-corrected chi connectivity index (χ0v) is 13.8. The Bertz CT molecular complexity index is 706. The van der Waals surface area contributed by atoms with Gasteiger partial charge in [-0.2, -0.15) is 4.98 Å². The van der Waals surface area contributed by atoms with E-state index < -0.39 is 5.92 Å². The van der Waals surface area contributed by atoms with Crippen LogP contribution in [0, 0.1) is 13.8 Å². The second kappa shape index (κ2) is 6.67. The molecule has 7 heteroatoms. The number of nitrogens with zero attached hydrogens (tertiary/aromatic N) is 3. The first kappa shape index (κ1) is 16.5. The molecule has 2 N–H and O–H groups in total. The highest BCUT2D eigenvalue weighted by Crippen LogP contribution is 2.36. The summed E-state index contributed by atoms with van der Waals surface area (Å²) in [6, 6.07) is 5.43. The van der Waals surface area contributed by atoms with Gasteiger partial charge in [0.05, 0.1) is 12.2 Å². The third kappa shape index (κ3) is 3.96. The Kier molecular flexibility index (Phi) is 4.59. The molecule has 0 bridgehead atoms. The molecular formula is C17H21F2N5. The lowest BCUT2D eigenvalue weighted by Crippen LogP contribution is -2.21. The van der Waals surface area contributed by atoms with Crippen LogP contribution in [0.5, 0.6) is 0 Å². The normalized spacial score (nSPS) is 19.2. The highest BCUT2D eigenvalue weighted by molar-refractivity contribution is 5.50. The average molecular weight is 333 g/mol. The number of hydrogen-bond acceptors (Lipinski definition) is 5. The van der Waals surface area contributed by atoms with Crippen LogP contribution in [0.4, 0.5) is 20.5 Å². The molecule has 0 aromatic carbocycles. The van der Waals surface area contributed by atoms with Crippen LogP contribution in [-0.2, 0) is 6.54 Å². The molecule has 1 aliphatic carbocycles. The van der Waals surface area contributed by atoms with E-state index in [1.807, 2.05) is 32.0 Å². The molecule has 0 aliphatic heterocycles. The highest BCUT2D eigenvalue weighted by atomic mass is 19.3. The third-order valence-electron chi connectivity index (χ3n) is 4.29. The number of hydrogen-bond donors (Lipinski definition) is 2. The molecule has 2 aromatic heterocycles. The van der Waals surface area contributed by atoms with E-state index in [0.717, 1.165) is 17.0 Å². The van der Waals surface area contributed by atoms with Gasteiger partial charge in [0.25, 0.3) is 0 Å². The second-order valence-electron chi connectivity index (χ2n) is 6.22. The Labute approximate surface area is 139 Å². The first-order valence-corrected chi connectivity index (χ1v) is 8.06. The Morgan fingerprint density at radius 3 is 2.75 bits per heavy atom. The van der Waals surface area contributed by atoms with Crippen molar-refractivity contribution >= 4 is 11.8 Å². The Balaban J connectivity index is 1.71. The third-order valence-corrected chi connectivity index (χ3v) is 4.29.